The topological polar surface area (TPSA) is 49.6 Å². The number of likely N-dealkylation sites (tertiary alicyclic amines) is 1. The molecule has 0 saturated carbocycles. The van der Waals surface area contributed by atoms with E-state index in [1.807, 2.05) is 23.2 Å². The van der Waals surface area contributed by atoms with Crippen LogP contribution in [0.25, 0.3) is 0 Å². The van der Waals surface area contributed by atoms with Gasteiger partial charge in [-0.2, -0.15) is 0 Å². The summed E-state index contributed by atoms with van der Waals surface area (Å²) in [4.78, 5) is 21.2. The van der Waals surface area contributed by atoms with Crippen molar-refractivity contribution in [2.24, 2.45) is 5.41 Å². The van der Waals surface area contributed by atoms with Gasteiger partial charge in [-0.15, -0.1) is 0 Å². The van der Waals surface area contributed by atoms with Crippen molar-refractivity contribution >= 4 is 11.7 Å². The fraction of sp³-hybridized carbons (Fsp3) is 0.474. The zero-order valence-electron chi connectivity index (χ0n) is 13.9. The van der Waals surface area contributed by atoms with E-state index in [-0.39, 0.29) is 5.91 Å². The van der Waals surface area contributed by atoms with Crippen molar-refractivity contribution in [3.8, 4) is 0 Å². The minimum atomic E-state index is 0.0285. The van der Waals surface area contributed by atoms with Crippen LogP contribution in [0.2, 0.25) is 0 Å². The van der Waals surface area contributed by atoms with Gasteiger partial charge in [-0.1, -0.05) is 6.07 Å². The van der Waals surface area contributed by atoms with Crippen LogP contribution in [-0.2, 0) is 0 Å². The lowest BCUT2D eigenvalue weighted by Gasteiger charge is -2.47. The van der Waals surface area contributed by atoms with E-state index in [1.165, 1.54) is 12.8 Å². The third-order valence-electron chi connectivity index (χ3n) is 5.64. The summed E-state index contributed by atoms with van der Waals surface area (Å²) in [5.74, 6) is 1.56. The van der Waals surface area contributed by atoms with Crippen molar-refractivity contribution in [2.45, 2.75) is 25.7 Å². The Hall–Kier alpha value is -2.30. The second-order valence-electron chi connectivity index (χ2n) is 6.94. The van der Waals surface area contributed by atoms with E-state index in [4.69, 9.17) is 4.42 Å². The number of carbonyl (C=O) groups is 1. The van der Waals surface area contributed by atoms with E-state index < -0.39 is 0 Å². The molecule has 5 heteroatoms. The molecule has 0 N–H and O–H groups in total. The van der Waals surface area contributed by atoms with Crippen LogP contribution in [0.3, 0.4) is 0 Å². The number of anilines is 1. The predicted molar refractivity (Wildman–Crippen MR) is 92.0 cm³/mol. The highest BCUT2D eigenvalue weighted by Gasteiger charge is 2.39. The van der Waals surface area contributed by atoms with Gasteiger partial charge in [0.2, 0.25) is 0 Å². The number of furan rings is 1. The molecule has 4 rings (SSSR count). The first-order valence-corrected chi connectivity index (χ1v) is 8.75. The summed E-state index contributed by atoms with van der Waals surface area (Å²) in [6.45, 7) is 3.79. The van der Waals surface area contributed by atoms with Crippen LogP contribution in [0.5, 0.6) is 0 Å². The number of rotatable bonds is 2. The Morgan fingerprint density at radius 3 is 2.38 bits per heavy atom. The molecule has 0 aromatic carbocycles. The van der Waals surface area contributed by atoms with Gasteiger partial charge >= 0.3 is 0 Å². The fourth-order valence-corrected chi connectivity index (χ4v) is 3.99. The van der Waals surface area contributed by atoms with Gasteiger partial charge in [0.25, 0.3) is 5.91 Å². The molecule has 1 spiro atoms. The van der Waals surface area contributed by atoms with E-state index in [9.17, 15) is 4.79 Å². The molecule has 0 atom stereocenters. The van der Waals surface area contributed by atoms with Crippen LogP contribution < -0.4 is 4.90 Å². The first kappa shape index (κ1) is 15.2. The number of hydrogen-bond donors (Lipinski definition) is 0. The number of aromatic nitrogens is 1. The lowest BCUT2D eigenvalue weighted by molar-refractivity contribution is 0.0488. The van der Waals surface area contributed by atoms with Crippen LogP contribution in [-0.4, -0.2) is 42.0 Å². The van der Waals surface area contributed by atoms with Gasteiger partial charge in [0.15, 0.2) is 5.76 Å². The van der Waals surface area contributed by atoms with Crippen molar-refractivity contribution in [3.63, 3.8) is 0 Å². The Morgan fingerprint density at radius 2 is 1.75 bits per heavy atom. The summed E-state index contributed by atoms with van der Waals surface area (Å²) in [6.07, 6.45) is 7.98. The monoisotopic (exact) mass is 325 g/mol. The van der Waals surface area contributed by atoms with Crippen molar-refractivity contribution in [2.75, 3.05) is 31.1 Å². The third-order valence-corrected chi connectivity index (χ3v) is 5.64. The molecule has 5 nitrogen and oxygen atoms in total. The smallest absolute Gasteiger partial charge is 0.289 e. The maximum absolute atomic E-state index is 12.4. The SMILES string of the molecule is O=C(c1ccco1)N1CCC2(CC1)CCN(c1ccccn1)CC2. The van der Waals surface area contributed by atoms with Crippen molar-refractivity contribution in [3.05, 3.63) is 48.6 Å². The van der Waals surface area contributed by atoms with Gasteiger partial charge in [0, 0.05) is 32.4 Å². The second-order valence-corrected chi connectivity index (χ2v) is 6.94. The molecular weight excluding hydrogens is 302 g/mol. The first-order valence-electron chi connectivity index (χ1n) is 8.75. The van der Waals surface area contributed by atoms with Crippen LogP contribution >= 0.6 is 0 Å². The van der Waals surface area contributed by atoms with Gasteiger partial charge in [-0.25, -0.2) is 4.98 Å². The first-order chi connectivity index (χ1) is 11.8. The lowest BCUT2D eigenvalue weighted by atomic mass is 9.71. The Morgan fingerprint density at radius 1 is 1.00 bits per heavy atom. The molecule has 2 aromatic rings. The summed E-state index contributed by atoms with van der Waals surface area (Å²) in [6, 6.07) is 9.61. The quantitative estimate of drug-likeness (QED) is 0.851. The standard InChI is InChI=1S/C19H23N3O2/c23-18(16-4-3-15-24-16)22-13-8-19(9-14-22)6-11-21(12-7-19)17-5-1-2-10-20-17/h1-5,10,15H,6-9,11-14H2. The summed E-state index contributed by atoms with van der Waals surface area (Å²) < 4.78 is 5.24. The Labute approximate surface area is 142 Å². The molecule has 2 saturated heterocycles. The van der Waals surface area contributed by atoms with Crippen LogP contribution in [0.1, 0.15) is 36.2 Å². The fourth-order valence-electron chi connectivity index (χ4n) is 3.99. The third kappa shape index (κ3) is 2.90. The van der Waals surface area contributed by atoms with E-state index >= 15 is 0 Å². The van der Waals surface area contributed by atoms with E-state index in [0.717, 1.165) is 44.8 Å². The highest BCUT2D eigenvalue weighted by atomic mass is 16.3. The van der Waals surface area contributed by atoms with Crippen molar-refractivity contribution in [1.29, 1.82) is 0 Å². The van der Waals surface area contributed by atoms with Gasteiger partial charge in [-0.05, 0) is 55.4 Å². The number of nitrogens with zero attached hydrogens (tertiary/aromatic N) is 3. The highest BCUT2D eigenvalue weighted by molar-refractivity contribution is 5.91. The Bertz CT molecular complexity index is 666. The molecule has 24 heavy (non-hydrogen) atoms. The Kier molecular flexibility index (Phi) is 4.00. The molecule has 1 amide bonds. The molecule has 0 bridgehead atoms. The number of pyridine rings is 1. The minimum absolute atomic E-state index is 0.0285. The molecule has 2 aliphatic rings. The van der Waals surface area contributed by atoms with Gasteiger partial charge in [0.05, 0.1) is 6.26 Å². The molecule has 126 valence electrons. The largest absolute Gasteiger partial charge is 0.459 e. The maximum atomic E-state index is 12.4. The van der Waals surface area contributed by atoms with E-state index in [1.54, 1.807) is 18.4 Å². The van der Waals surface area contributed by atoms with Crippen molar-refractivity contribution in [1.82, 2.24) is 9.88 Å². The molecule has 2 fully saturated rings. The van der Waals surface area contributed by atoms with Crippen LogP contribution in [0, 0.1) is 5.41 Å². The summed E-state index contributed by atoms with van der Waals surface area (Å²) in [5.41, 5.74) is 0.394. The highest BCUT2D eigenvalue weighted by Crippen LogP contribution is 2.42. The number of piperidine rings is 2. The molecule has 0 unspecified atom stereocenters. The lowest BCUT2D eigenvalue weighted by Crippen LogP contribution is -2.48. The summed E-state index contributed by atoms with van der Waals surface area (Å²) in [5, 5.41) is 0. The van der Waals surface area contributed by atoms with Gasteiger partial charge in [0.1, 0.15) is 5.82 Å². The van der Waals surface area contributed by atoms with Crippen molar-refractivity contribution < 1.29 is 9.21 Å². The molecule has 0 aliphatic carbocycles. The molecule has 2 aliphatic heterocycles. The molecule has 2 aromatic heterocycles. The van der Waals surface area contributed by atoms with Crippen LogP contribution in [0.15, 0.2) is 47.2 Å². The predicted octanol–water partition coefficient (Wildman–Crippen LogP) is 3.20. The average Bonchev–Trinajstić information content (AvgIpc) is 3.18. The Balaban J connectivity index is 1.34. The second kappa shape index (κ2) is 6.30. The number of carbonyl (C=O) groups excluding carboxylic acids is 1. The maximum Gasteiger partial charge on any atom is 0.289 e. The molecule has 0 radical (unpaired) electrons. The number of amides is 1. The zero-order valence-corrected chi connectivity index (χ0v) is 13.9. The molecule has 4 heterocycles. The number of hydrogen-bond acceptors (Lipinski definition) is 4. The normalized spacial score (nSPS) is 20.3. The average molecular weight is 325 g/mol. The van der Waals surface area contributed by atoms with Gasteiger partial charge in [-0.3, -0.25) is 4.79 Å². The van der Waals surface area contributed by atoms with Gasteiger partial charge < -0.3 is 14.2 Å². The van der Waals surface area contributed by atoms with E-state index in [2.05, 4.69) is 16.0 Å². The summed E-state index contributed by atoms with van der Waals surface area (Å²) in [7, 11) is 0. The molecular formula is C19H23N3O2. The van der Waals surface area contributed by atoms with E-state index in [0.29, 0.717) is 11.2 Å². The van der Waals surface area contributed by atoms with Crippen LogP contribution in [0.4, 0.5) is 5.82 Å². The zero-order chi connectivity index (χ0) is 16.4. The minimum Gasteiger partial charge on any atom is -0.459 e. The summed E-state index contributed by atoms with van der Waals surface area (Å²) >= 11 is 0.